The minimum Gasteiger partial charge on any atom is -0.453 e. The van der Waals surface area contributed by atoms with Crippen molar-refractivity contribution in [1.82, 2.24) is 9.47 Å². The van der Waals surface area contributed by atoms with Crippen LogP contribution < -0.4 is 0 Å². The molecule has 0 fully saturated rings. The Morgan fingerprint density at radius 2 is 2.35 bits per heavy atom. The lowest BCUT2D eigenvalue weighted by Gasteiger charge is -2.26. The fourth-order valence-electron chi connectivity index (χ4n) is 2.12. The Morgan fingerprint density at radius 1 is 1.59 bits per heavy atom. The van der Waals surface area contributed by atoms with Crippen molar-refractivity contribution < 1.29 is 14.3 Å². The van der Waals surface area contributed by atoms with Crippen LogP contribution in [0.5, 0.6) is 0 Å². The van der Waals surface area contributed by atoms with Crippen molar-refractivity contribution in [2.45, 2.75) is 13.0 Å². The number of rotatable bonds is 1. The molecular weight excluding hydrogens is 222 g/mol. The number of carbonyl (C=O) groups is 1. The van der Waals surface area contributed by atoms with Crippen molar-refractivity contribution in [2.75, 3.05) is 13.7 Å². The summed E-state index contributed by atoms with van der Waals surface area (Å²) in [6.07, 6.45) is 1.93. The zero-order chi connectivity index (χ0) is 12.4. The number of hydrogen-bond acceptors (Lipinski definition) is 4. The molecule has 6 nitrogen and oxygen atoms in total. The molecule has 1 aliphatic rings. The molecule has 1 aromatic heterocycles. The maximum Gasteiger partial charge on any atom is 0.409 e. The highest BCUT2D eigenvalue weighted by atomic mass is 16.5. The highest BCUT2D eigenvalue weighted by Gasteiger charge is 2.24. The number of amides is 1. The van der Waals surface area contributed by atoms with Gasteiger partial charge in [-0.2, -0.15) is 0 Å². The molecular formula is C11H13N3O3. The van der Waals surface area contributed by atoms with E-state index in [0.717, 1.165) is 17.7 Å². The van der Waals surface area contributed by atoms with Crippen molar-refractivity contribution in [2.24, 2.45) is 12.0 Å². The second kappa shape index (κ2) is 4.43. The number of isocyanates is 1. The van der Waals surface area contributed by atoms with E-state index < -0.39 is 0 Å². The summed E-state index contributed by atoms with van der Waals surface area (Å²) in [4.78, 5) is 26.9. The van der Waals surface area contributed by atoms with Gasteiger partial charge in [0.2, 0.25) is 6.08 Å². The standard InChI is InChI=1S/C11H13N3O3/c1-13-9-3-4-14(11(16)17-2)6-8(9)5-10(13)12-7-15/h5H,3-4,6H2,1-2H3. The van der Waals surface area contributed by atoms with E-state index >= 15 is 0 Å². The van der Waals surface area contributed by atoms with Gasteiger partial charge in [-0.3, -0.25) is 0 Å². The van der Waals surface area contributed by atoms with Crippen LogP contribution in [0.25, 0.3) is 0 Å². The molecule has 1 aliphatic heterocycles. The Hall–Kier alpha value is -2.07. The Labute approximate surface area is 98.5 Å². The molecule has 2 heterocycles. The lowest BCUT2D eigenvalue weighted by atomic mass is 10.1. The second-order valence-electron chi connectivity index (χ2n) is 3.88. The summed E-state index contributed by atoms with van der Waals surface area (Å²) >= 11 is 0. The topological polar surface area (TPSA) is 63.9 Å². The van der Waals surface area contributed by atoms with Gasteiger partial charge in [0, 0.05) is 25.7 Å². The molecule has 17 heavy (non-hydrogen) atoms. The first-order valence-electron chi connectivity index (χ1n) is 5.25. The fourth-order valence-corrected chi connectivity index (χ4v) is 2.12. The molecule has 0 spiro atoms. The maximum atomic E-state index is 11.4. The lowest BCUT2D eigenvalue weighted by molar-refractivity contribution is 0.118. The van der Waals surface area contributed by atoms with E-state index in [2.05, 4.69) is 9.73 Å². The van der Waals surface area contributed by atoms with Crippen LogP contribution in [0.15, 0.2) is 11.1 Å². The second-order valence-corrected chi connectivity index (χ2v) is 3.88. The third-order valence-corrected chi connectivity index (χ3v) is 3.00. The van der Waals surface area contributed by atoms with E-state index in [-0.39, 0.29) is 6.09 Å². The monoisotopic (exact) mass is 235 g/mol. The summed E-state index contributed by atoms with van der Waals surface area (Å²) in [5.41, 5.74) is 2.09. The van der Waals surface area contributed by atoms with Crippen LogP contribution >= 0.6 is 0 Å². The number of fused-ring (bicyclic) bond motifs is 1. The Kier molecular flexibility index (Phi) is 2.97. The number of hydrogen-bond donors (Lipinski definition) is 0. The first-order valence-corrected chi connectivity index (χ1v) is 5.25. The highest BCUT2D eigenvalue weighted by Crippen LogP contribution is 2.26. The van der Waals surface area contributed by atoms with Gasteiger partial charge >= 0.3 is 6.09 Å². The average molecular weight is 235 g/mol. The summed E-state index contributed by atoms with van der Waals surface area (Å²) in [7, 11) is 3.22. The normalized spacial score (nSPS) is 13.9. The van der Waals surface area contributed by atoms with Crippen LogP contribution in [0.3, 0.4) is 0 Å². The molecule has 0 bridgehead atoms. The first-order chi connectivity index (χ1) is 8.17. The van der Waals surface area contributed by atoms with Gasteiger partial charge in [0.05, 0.1) is 13.7 Å². The van der Waals surface area contributed by atoms with Crippen LogP contribution in [0.1, 0.15) is 11.3 Å². The number of carbonyl (C=O) groups excluding carboxylic acids is 2. The van der Waals surface area contributed by atoms with E-state index in [4.69, 9.17) is 0 Å². The molecule has 0 N–H and O–H groups in total. The maximum absolute atomic E-state index is 11.4. The van der Waals surface area contributed by atoms with Crippen molar-refractivity contribution in [3.8, 4) is 0 Å². The van der Waals surface area contributed by atoms with E-state index in [9.17, 15) is 9.59 Å². The van der Waals surface area contributed by atoms with Gasteiger partial charge < -0.3 is 14.2 Å². The summed E-state index contributed by atoms with van der Waals surface area (Å²) in [6, 6.07) is 1.80. The molecule has 0 saturated heterocycles. The van der Waals surface area contributed by atoms with Gasteiger partial charge in [-0.05, 0) is 11.6 Å². The Balaban J connectivity index is 2.30. The fraction of sp³-hybridized carbons (Fsp3) is 0.455. The molecule has 0 radical (unpaired) electrons. The Morgan fingerprint density at radius 3 is 3.00 bits per heavy atom. The molecule has 1 aromatic rings. The Bertz CT molecular complexity index is 500. The predicted molar refractivity (Wildman–Crippen MR) is 59.7 cm³/mol. The highest BCUT2D eigenvalue weighted by molar-refractivity contribution is 5.68. The number of ether oxygens (including phenoxy) is 1. The average Bonchev–Trinajstić information content (AvgIpc) is 2.65. The largest absolute Gasteiger partial charge is 0.453 e. The summed E-state index contributed by atoms with van der Waals surface area (Å²) in [6.45, 7) is 1.10. The van der Waals surface area contributed by atoms with Crippen molar-refractivity contribution >= 4 is 18.0 Å². The quantitative estimate of drug-likeness (QED) is 0.541. The van der Waals surface area contributed by atoms with Crippen molar-refractivity contribution in [3.63, 3.8) is 0 Å². The van der Waals surface area contributed by atoms with Gasteiger partial charge in [-0.25, -0.2) is 9.59 Å². The van der Waals surface area contributed by atoms with Gasteiger partial charge in [-0.1, -0.05) is 0 Å². The zero-order valence-electron chi connectivity index (χ0n) is 9.77. The van der Waals surface area contributed by atoms with E-state index in [1.807, 2.05) is 11.6 Å². The smallest absolute Gasteiger partial charge is 0.409 e. The van der Waals surface area contributed by atoms with Crippen molar-refractivity contribution in [3.05, 3.63) is 17.3 Å². The van der Waals surface area contributed by atoms with Gasteiger partial charge in [0.15, 0.2) is 0 Å². The predicted octanol–water partition coefficient (Wildman–Crippen LogP) is 1.12. The van der Waals surface area contributed by atoms with Gasteiger partial charge in [0.25, 0.3) is 0 Å². The summed E-state index contributed by atoms with van der Waals surface area (Å²) < 4.78 is 6.54. The van der Waals surface area contributed by atoms with E-state index in [0.29, 0.717) is 18.9 Å². The van der Waals surface area contributed by atoms with Crippen LogP contribution in [-0.2, 0) is 29.5 Å². The van der Waals surface area contributed by atoms with E-state index in [1.54, 1.807) is 11.0 Å². The molecule has 0 atom stereocenters. The molecule has 2 rings (SSSR count). The molecule has 0 aliphatic carbocycles. The third-order valence-electron chi connectivity index (χ3n) is 3.00. The molecule has 0 unspecified atom stereocenters. The van der Waals surface area contributed by atoms with Crippen LogP contribution in [-0.4, -0.2) is 35.3 Å². The van der Waals surface area contributed by atoms with Crippen LogP contribution in [0.2, 0.25) is 0 Å². The molecule has 0 aromatic carbocycles. The van der Waals surface area contributed by atoms with Crippen LogP contribution in [0, 0.1) is 0 Å². The number of nitrogens with zero attached hydrogens (tertiary/aromatic N) is 3. The third kappa shape index (κ3) is 1.94. The molecule has 90 valence electrons. The van der Waals surface area contributed by atoms with Gasteiger partial charge in [-0.15, -0.1) is 4.99 Å². The SMILES string of the molecule is COC(=O)N1CCc2c(cc(N=C=O)n2C)C1. The summed E-state index contributed by atoms with van der Waals surface area (Å²) in [5, 5.41) is 0. The first kappa shape index (κ1) is 11.4. The number of methoxy groups -OCH3 is 1. The lowest BCUT2D eigenvalue weighted by Crippen LogP contribution is -2.35. The minimum atomic E-state index is -0.333. The van der Waals surface area contributed by atoms with Crippen LogP contribution in [0.4, 0.5) is 10.6 Å². The van der Waals surface area contributed by atoms with Crippen molar-refractivity contribution in [1.29, 1.82) is 0 Å². The molecule has 0 saturated carbocycles. The molecule has 6 heteroatoms. The van der Waals surface area contributed by atoms with E-state index in [1.165, 1.54) is 13.2 Å². The summed E-state index contributed by atoms with van der Waals surface area (Å²) in [5.74, 6) is 0.566. The minimum absolute atomic E-state index is 0.333. The van der Waals surface area contributed by atoms with Gasteiger partial charge in [0.1, 0.15) is 5.82 Å². The zero-order valence-corrected chi connectivity index (χ0v) is 9.77. The number of aliphatic imine (C=N–C) groups is 1. The molecule has 1 amide bonds. The number of aromatic nitrogens is 1.